The highest BCUT2D eigenvalue weighted by atomic mass is 16.5. The number of nitrogens with one attached hydrogen (secondary N) is 1. The molecule has 0 radical (unpaired) electrons. The molecule has 1 saturated heterocycles. The van der Waals surface area contributed by atoms with Gasteiger partial charge in [-0.05, 0) is 12.1 Å². The van der Waals surface area contributed by atoms with Crippen LogP contribution in [0, 0.1) is 0 Å². The van der Waals surface area contributed by atoms with E-state index in [1.54, 1.807) is 0 Å². The topological polar surface area (TPSA) is 34.1 Å². The van der Waals surface area contributed by atoms with Crippen LogP contribution in [0.5, 0.6) is 0 Å². The summed E-state index contributed by atoms with van der Waals surface area (Å²) in [4.78, 5) is 4.11. The highest BCUT2D eigenvalue weighted by Crippen LogP contribution is 2.23. The van der Waals surface area contributed by atoms with Gasteiger partial charge in [-0.15, -0.1) is 0 Å². The van der Waals surface area contributed by atoms with Gasteiger partial charge in [-0.3, -0.25) is 4.98 Å². The highest BCUT2D eigenvalue weighted by Gasteiger charge is 2.18. The van der Waals surface area contributed by atoms with Crippen LogP contribution in [0.2, 0.25) is 0 Å². The van der Waals surface area contributed by atoms with Crippen molar-refractivity contribution >= 4 is 16.5 Å². The van der Waals surface area contributed by atoms with Crippen LogP contribution in [-0.4, -0.2) is 24.2 Å². The zero-order chi connectivity index (χ0) is 10.1. The van der Waals surface area contributed by atoms with E-state index >= 15 is 0 Å². The van der Waals surface area contributed by atoms with Crippen molar-refractivity contribution in [3.05, 3.63) is 36.7 Å². The van der Waals surface area contributed by atoms with Gasteiger partial charge in [0.15, 0.2) is 0 Å². The molecule has 3 nitrogen and oxygen atoms in total. The first-order valence-corrected chi connectivity index (χ1v) is 5.10. The highest BCUT2D eigenvalue weighted by molar-refractivity contribution is 5.93. The van der Waals surface area contributed by atoms with Crippen molar-refractivity contribution in [2.45, 2.75) is 6.04 Å². The van der Waals surface area contributed by atoms with Crippen LogP contribution in [0.4, 0.5) is 5.69 Å². The van der Waals surface area contributed by atoms with Crippen molar-refractivity contribution in [3.8, 4) is 0 Å². The molecule has 1 aromatic carbocycles. The fourth-order valence-electron chi connectivity index (χ4n) is 1.79. The Labute approximate surface area is 88.1 Å². The van der Waals surface area contributed by atoms with E-state index in [0.717, 1.165) is 13.2 Å². The minimum absolute atomic E-state index is 0.462. The monoisotopic (exact) mass is 200 g/mol. The molecule has 2 aromatic rings. The van der Waals surface area contributed by atoms with Crippen LogP contribution in [0.3, 0.4) is 0 Å². The molecule has 0 aliphatic carbocycles. The molecule has 3 heteroatoms. The van der Waals surface area contributed by atoms with Crippen molar-refractivity contribution < 1.29 is 4.74 Å². The zero-order valence-corrected chi connectivity index (χ0v) is 8.31. The van der Waals surface area contributed by atoms with E-state index in [2.05, 4.69) is 22.4 Å². The number of rotatable bonds is 2. The molecule has 1 aliphatic heterocycles. The number of benzene rings is 1. The number of hydrogen-bond donors (Lipinski definition) is 1. The molecule has 0 amide bonds. The maximum absolute atomic E-state index is 5.14. The van der Waals surface area contributed by atoms with Crippen LogP contribution in [0.1, 0.15) is 0 Å². The fraction of sp³-hybridized carbons (Fsp3) is 0.250. The van der Waals surface area contributed by atoms with Crippen LogP contribution < -0.4 is 5.32 Å². The molecule has 0 bridgehead atoms. The molecule has 1 aliphatic rings. The van der Waals surface area contributed by atoms with E-state index in [4.69, 9.17) is 4.74 Å². The maximum atomic E-state index is 5.14. The first-order chi connectivity index (χ1) is 7.43. The second-order valence-electron chi connectivity index (χ2n) is 3.78. The SMILES string of the molecule is c1cc(NC2COC2)c2ccncc2c1. The summed E-state index contributed by atoms with van der Waals surface area (Å²) in [5.41, 5.74) is 1.17. The van der Waals surface area contributed by atoms with E-state index in [0.29, 0.717) is 6.04 Å². The van der Waals surface area contributed by atoms with Crippen molar-refractivity contribution in [1.29, 1.82) is 0 Å². The number of nitrogens with zero attached hydrogens (tertiary/aromatic N) is 1. The largest absolute Gasteiger partial charge is 0.377 e. The van der Waals surface area contributed by atoms with Gasteiger partial charge in [0, 0.05) is 28.9 Å². The molecule has 0 unspecified atom stereocenters. The van der Waals surface area contributed by atoms with Gasteiger partial charge in [0.05, 0.1) is 19.3 Å². The third-order valence-electron chi connectivity index (χ3n) is 2.68. The number of pyridine rings is 1. The van der Waals surface area contributed by atoms with Gasteiger partial charge < -0.3 is 10.1 Å². The second kappa shape index (κ2) is 3.51. The van der Waals surface area contributed by atoms with Crippen LogP contribution >= 0.6 is 0 Å². The van der Waals surface area contributed by atoms with Crippen LogP contribution in [0.15, 0.2) is 36.7 Å². The molecule has 2 heterocycles. The molecule has 1 N–H and O–H groups in total. The van der Waals surface area contributed by atoms with Crippen LogP contribution in [0.25, 0.3) is 10.8 Å². The maximum Gasteiger partial charge on any atom is 0.0728 e. The molecule has 0 saturated carbocycles. The minimum Gasteiger partial charge on any atom is -0.377 e. The van der Waals surface area contributed by atoms with E-state index < -0.39 is 0 Å². The molecule has 1 fully saturated rings. The Morgan fingerprint density at radius 3 is 3.00 bits per heavy atom. The van der Waals surface area contributed by atoms with Crippen molar-refractivity contribution in [2.75, 3.05) is 18.5 Å². The lowest BCUT2D eigenvalue weighted by Crippen LogP contribution is -2.40. The first-order valence-electron chi connectivity index (χ1n) is 5.10. The van der Waals surface area contributed by atoms with Crippen molar-refractivity contribution in [1.82, 2.24) is 4.98 Å². The van der Waals surface area contributed by atoms with Crippen molar-refractivity contribution in [2.24, 2.45) is 0 Å². The molecule has 15 heavy (non-hydrogen) atoms. The van der Waals surface area contributed by atoms with E-state index in [1.807, 2.05) is 24.5 Å². The Morgan fingerprint density at radius 2 is 2.20 bits per heavy atom. The second-order valence-corrected chi connectivity index (χ2v) is 3.78. The van der Waals surface area contributed by atoms with Gasteiger partial charge in [0.1, 0.15) is 0 Å². The molecular formula is C12H12N2O. The fourth-order valence-corrected chi connectivity index (χ4v) is 1.79. The lowest BCUT2D eigenvalue weighted by molar-refractivity contribution is 0.0211. The minimum atomic E-state index is 0.462. The average molecular weight is 200 g/mol. The predicted octanol–water partition coefficient (Wildman–Crippen LogP) is 2.05. The average Bonchev–Trinajstić information content (AvgIpc) is 2.23. The third kappa shape index (κ3) is 1.55. The summed E-state index contributed by atoms with van der Waals surface area (Å²) in [6.07, 6.45) is 3.71. The number of fused-ring (bicyclic) bond motifs is 1. The summed E-state index contributed by atoms with van der Waals surface area (Å²) >= 11 is 0. The van der Waals surface area contributed by atoms with Crippen LogP contribution in [-0.2, 0) is 4.74 Å². The summed E-state index contributed by atoms with van der Waals surface area (Å²) in [5.74, 6) is 0. The smallest absolute Gasteiger partial charge is 0.0728 e. The van der Waals surface area contributed by atoms with Gasteiger partial charge >= 0.3 is 0 Å². The summed E-state index contributed by atoms with van der Waals surface area (Å²) in [7, 11) is 0. The Balaban J connectivity index is 2.01. The summed E-state index contributed by atoms with van der Waals surface area (Å²) in [6.45, 7) is 1.61. The lowest BCUT2D eigenvalue weighted by atomic mass is 10.1. The van der Waals surface area contributed by atoms with Gasteiger partial charge in [0.25, 0.3) is 0 Å². The molecule has 3 rings (SSSR count). The Hall–Kier alpha value is -1.61. The normalized spacial score (nSPS) is 16.3. The molecule has 0 spiro atoms. The number of anilines is 1. The van der Waals surface area contributed by atoms with E-state index in [1.165, 1.54) is 16.5 Å². The Bertz CT molecular complexity index is 475. The van der Waals surface area contributed by atoms with Crippen molar-refractivity contribution in [3.63, 3.8) is 0 Å². The van der Waals surface area contributed by atoms with Gasteiger partial charge in [-0.1, -0.05) is 12.1 Å². The van der Waals surface area contributed by atoms with Gasteiger partial charge in [-0.25, -0.2) is 0 Å². The van der Waals surface area contributed by atoms with E-state index in [9.17, 15) is 0 Å². The lowest BCUT2D eigenvalue weighted by Gasteiger charge is -2.28. The molecule has 76 valence electrons. The molecular weight excluding hydrogens is 188 g/mol. The summed E-state index contributed by atoms with van der Waals surface area (Å²) in [5, 5.41) is 5.86. The first kappa shape index (κ1) is 8.68. The third-order valence-corrected chi connectivity index (χ3v) is 2.68. The Kier molecular flexibility index (Phi) is 2.03. The standard InChI is InChI=1S/C12H12N2O/c1-2-9-6-13-5-4-11(9)12(3-1)14-10-7-15-8-10/h1-6,10,14H,7-8H2. The number of aromatic nitrogens is 1. The number of ether oxygens (including phenoxy) is 1. The van der Waals surface area contributed by atoms with Gasteiger partial charge in [-0.2, -0.15) is 0 Å². The quantitative estimate of drug-likeness (QED) is 0.805. The van der Waals surface area contributed by atoms with E-state index in [-0.39, 0.29) is 0 Å². The summed E-state index contributed by atoms with van der Waals surface area (Å²) in [6, 6.07) is 8.72. The molecule has 0 atom stereocenters. The van der Waals surface area contributed by atoms with Gasteiger partial charge in [0.2, 0.25) is 0 Å². The Morgan fingerprint density at radius 1 is 1.27 bits per heavy atom. The predicted molar refractivity (Wildman–Crippen MR) is 60.0 cm³/mol. The zero-order valence-electron chi connectivity index (χ0n) is 8.31. The number of hydrogen-bond acceptors (Lipinski definition) is 3. The molecule has 1 aromatic heterocycles. The summed E-state index contributed by atoms with van der Waals surface area (Å²) < 4.78 is 5.14.